The third-order valence-corrected chi connectivity index (χ3v) is 4.65. The van der Waals surface area contributed by atoms with Gasteiger partial charge in [-0.1, -0.05) is 17.7 Å². The molecule has 1 amide bonds. The Morgan fingerprint density at radius 3 is 2.58 bits per heavy atom. The Morgan fingerprint density at radius 2 is 1.94 bits per heavy atom. The summed E-state index contributed by atoms with van der Waals surface area (Å²) in [7, 11) is 0. The Kier molecular flexibility index (Phi) is 6.41. The number of carboxylic acid groups (broad SMARTS) is 1. The molecule has 0 fully saturated rings. The fourth-order valence-corrected chi connectivity index (χ4v) is 3.16. The number of rotatable bonds is 6. The van der Waals surface area contributed by atoms with Crippen LogP contribution in [0.4, 0.5) is 5.69 Å². The van der Waals surface area contributed by atoms with Gasteiger partial charge in [-0.25, -0.2) is 4.79 Å². The van der Waals surface area contributed by atoms with Gasteiger partial charge in [0.25, 0.3) is 5.91 Å². The summed E-state index contributed by atoms with van der Waals surface area (Å²) in [6.45, 7) is 5.14. The predicted molar refractivity (Wildman–Crippen MR) is 116 cm³/mol. The molecule has 1 aliphatic rings. The highest BCUT2D eigenvalue weighted by Crippen LogP contribution is 2.32. The first-order valence-corrected chi connectivity index (χ1v) is 9.69. The first-order chi connectivity index (χ1) is 14.7. The van der Waals surface area contributed by atoms with Crippen molar-refractivity contribution < 1.29 is 29.0 Å². The molecule has 0 aliphatic carbocycles. The fourth-order valence-electron chi connectivity index (χ4n) is 2.96. The predicted octanol–water partition coefficient (Wildman–Crippen LogP) is 4.17. The molecule has 0 bridgehead atoms. The molecule has 0 unspecified atom stereocenters. The van der Waals surface area contributed by atoms with Crippen molar-refractivity contribution in [3.8, 4) is 11.5 Å². The number of amides is 1. The van der Waals surface area contributed by atoms with E-state index in [1.165, 1.54) is 25.1 Å². The smallest absolute Gasteiger partial charge is 0.337 e. The summed E-state index contributed by atoms with van der Waals surface area (Å²) in [6.07, 6.45) is 1.63. The third-order valence-electron chi connectivity index (χ3n) is 4.32. The van der Waals surface area contributed by atoms with Gasteiger partial charge in [0.15, 0.2) is 11.5 Å². The molecule has 31 heavy (non-hydrogen) atoms. The van der Waals surface area contributed by atoms with Gasteiger partial charge in [-0.05, 0) is 55.8 Å². The topological polar surface area (TPSA) is 106 Å². The monoisotopic (exact) mass is 442 g/mol. The molecule has 0 radical (unpaired) electrons. The molecule has 2 aromatic carbocycles. The van der Waals surface area contributed by atoms with Gasteiger partial charge < -0.3 is 14.6 Å². The lowest BCUT2D eigenvalue weighted by molar-refractivity contribution is -0.132. The van der Waals surface area contributed by atoms with E-state index in [-0.39, 0.29) is 22.0 Å². The van der Waals surface area contributed by atoms with Crippen molar-refractivity contribution in [1.29, 1.82) is 0 Å². The number of carbonyl (C=O) groups excluding carboxylic acids is 2. The zero-order valence-corrected chi connectivity index (χ0v) is 17.8. The van der Waals surface area contributed by atoms with E-state index in [1.54, 1.807) is 38.1 Å². The summed E-state index contributed by atoms with van der Waals surface area (Å²) in [5.74, 6) is -1.44. The van der Waals surface area contributed by atoms with Crippen LogP contribution in [-0.4, -0.2) is 35.3 Å². The van der Waals surface area contributed by atoms with Gasteiger partial charge in [0.2, 0.25) is 0 Å². The number of ether oxygens (including phenoxy) is 2. The highest BCUT2D eigenvalue weighted by atomic mass is 35.5. The van der Waals surface area contributed by atoms with Crippen LogP contribution in [0.5, 0.6) is 11.5 Å². The second-order valence-corrected chi connectivity index (χ2v) is 6.97. The molecular weight excluding hydrogens is 424 g/mol. The number of benzene rings is 2. The van der Waals surface area contributed by atoms with Crippen molar-refractivity contribution in [3.05, 3.63) is 58.1 Å². The average molecular weight is 443 g/mol. The summed E-state index contributed by atoms with van der Waals surface area (Å²) in [5.41, 5.74) is 1.59. The molecule has 9 heteroatoms. The van der Waals surface area contributed by atoms with E-state index >= 15 is 0 Å². The van der Waals surface area contributed by atoms with Crippen LogP contribution in [0, 0.1) is 0 Å². The number of hydrogen-bond acceptors (Lipinski definition) is 6. The van der Waals surface area contributed by atoms with E-state index in [2.05, 4.69) is 5.10 Å². The maximum atomic E-state index is 13.0. The van der Waals surface area contributed by atoms with Crippen LogP contribution in [0.1, 0.15) is 36.7 Å². The molecule has 8 nitrogen and oxygen atoms in total. The molecule has 0 saturated heterocycles. The quantitative estimate of drug-likeness (QED) is 0.409. The van der Waals surface area contributed by atoms with Gasteiger partial charge in [0, 0.05) is 6.92 Å². The lowest BCUT2D eigenvalue weighted by atomic mass is 10.1. The van der Waals surface area contributed by atoms with Crippen LogP contribution in [-0.2, 0) is 9.59 Å². The van der Waals surface area contributed by atoms with Crippen molar-refractivity contribution in [2.45, 2.75) is 20.8 Å². The van der Waals surface area contributed by atoms with Crippen molar-refractivity contribution in [2.75, 3.05) is 11.6 Å². The van der Waals surface area contributed by atoms with Crippen LogP contribution in [0.3, 0.4) is 0 Å². The number of hydrazone groups is 1. The molecular formula is C22H19ClN2O6. The summed E-state index contributed by atoms with van der Waals surface area (Å²) in [5, 5.41) is 14.7. The lowest BCUT2D eigenvalue weighted by Gasteiger charge is -2.13. The van der Waals surface area contributed by atoms with Crippen molar-refractivity contribution >= 4 is 46.9 Å². The second-order valence-electron chi connectivity index (χ2n) is 6.56. The average Bonchev–Trinajstić information content (AvgIpc) is 2.98. The molecule has 1 N–H and O–H groups in total. The van der Waals surface area contributed by atoms with Crippen LogP contribution in [0.25, 0.3) is 6.08 Å². The summed E-state index contributed by atoms with van der Waals surface area (Å²) in [6, 6.07) is 9.14. The molecule has 2 aromatic rings. The number of halogens is 1. The number of carboxylic acids is 1. The fraction of sp³-hybridized carbons (Fsp3) is 0.182. The van der Waals surface area contributed by atoms with Gasteiger partial charge in [-0.2, -0.15) is 10.1 Å². The standard InChI is InChI=1S/C22H19ClN2O6/c1-4-30-20-10-14(5-8-19(20)31-13(3)26)9-16-12(2)24-25(21(16)27)15-6-7-18(23)17(11-15)22(28)29/h5-11H,4H2,1-3H3,(H,28,29)/b16-9-. The summed E-state index contributed by atoms with van der Waals surface area (Å²) < 4.78 is 10.7. The first-order valence-electron chi connectivity index (χ1n) is 9.31. The molecule has 160 valence electrons. The van der Waals surface area contributed by atoms with Gasteiger partial charge >= 0.3 is 11.9 Å². The molecule has 0 aromatic heterocycles. The van der Waals surface area contributed by atoms with Crippen molar-refractivity contribution in [3.63, 3.8) is 0 Å². The minimum atomic E-state index is -1.20. The first kappa shape index (κ1) is 22.0. The maximum Gasteiger partial charge on any atom is 0.337 e. The van der Waals surface area contributed by atoms with Crippen LogP contribution >= 0.6 is 11.6 Å². The number of esters is 1. The Balaban J connectivity index is 1.95. The van der Waals surface area contributed by atoms with E-state index in [4.69, 9.17) is 21.1 Å². The Labute approximate surface area is 183 Å². The van der Waals surface area contributed by atoms with Crippen LogP contribution in [0.15, 0.2) is 47.1 Å². The van der Waals surface area contributed by atoms with E-state index in [0.29, 0.717) is 29.2 Å². The minimum absolute atomic E-state index is 0.0655. The Hall–Kier alpha value is -3.65. The third kappa shape index (κ3) is 4.75. The number of carbonyl (C=O) groups is 3. The molecule has 3 rings (SSSR count). The number of nitrogens with zero attached hydrogens (tertiary/aromatic N) is 2. The molecule has 0 atom stereocenters. The zero-order valence-electron chi connectivity index (χ0n) is 17.0. The SMILES string of the molecule is CCOc1cc(/C=C2\C(=O)N(c3ccc(Cl)c(C(=O)O)c3)N=C2C)ccc1OC(C)=O. The van der Waals surface area contributed by atoms with E-state index in [1.807, 2.05) is 0 Å². The van der Waals surface area contributed by atoms with E-state index < -0.39 is 17.8 Å². The largest absolute Gasteiger partial charge is 0.490 e. The van der Waals surface area contributed by atoms with E-state index in [9.17, 15) is 19.5 Å². The normalized spacial score (nSPS) is 14.6. The second kappa shape index (κ2) is 9.01. The van der Waals surface area contributed by atoms with E-state index in [0.717, 1.165) is 5.01 Å². The van der Waals surface area contributed by atoms with Gasteiger partial charge in [-0.3, -0.25) is 9.59 Å². The van der Waals surface area contributed by atoms with Crippen LogP contribution < -0.4 is 14.5 Å². The molecule has 1 aliphatic heterocycles. The molecule has 0 saturated carbocycles. The van der Waals surface area contributed by atoms with Gasteiger partial charge in [0.05, 0.1) is 34.2 Å². The summed E-state index contributed by atoms with van der Waals surface area (Å²) >= 11 is 5.91. The number of hydrogen-bond donors (Lipinski definition) is 1. The van der Waals surface area contributed by atoms with Crippen LogP contribution in [0.2, 0.25) is 5.02 Å². The summed E-state index contributed by atoms with van der Waals surface area (Å²) in [4.78, 5) is 35.6. The number of aromatic carboxylic acids is 1. The van der Waals surface area contributed by atoms with Crippen molar-refractivity contribution in [1.82, 2.24) is 0 Å². The lowest BCUT2D eigenvalue weighted by Crippen LogP contribution is -2.21. The highest BCUT2D eigenvalue weighted by molar-refractivity contribution is 6.34. The van der Waals surface area contributed by atoms with Gasteiger partial charge in [0.1, 0.15) is 0 Å². The van der Waals surface area contributed by atoms with Crippen molar-refractivity contribution in [2.24, 2.45) is 5.10 Å². The highest BCUT2D eigenvalue weighted by Gasteiger charge is 2.29. The van der Waals surface area contributed by atoms with Gasteiger partial charge in [-0.15, -0.1) is 0 Å². The maximum absolute atomic E-state index is 13.0. The zero-order chi connectivity index (χ0) is 22.7. The minimum Gasteiger partial charge on any atom is -0.490 e. The Bertz CT molecular complexity index is 1140. The molecule has 1 heterocycles. The molecule has 0 spiro atoms. The number of anilines is 1. The Morgan fingerprint density at radius 1 is 1.19 bits per heavy atom.